The van der Waals surface area contributed by atoms with E-state index >= 15 is 0 Å². The fourth-order valence-corrected chi connectivity index (χ4v) is 2.19. The Morgan fingerprint density at radius 1 is 1.17 bits per heavy atom. The van der Waals surface area contributed by atoms with Gasteiger partial charge in [-0.2, -0.15) is 0 Å². The topological polar surface area (TPSA) is 41.5 Å². The van der Waals surface area contributed by atoms with Crippen LogP contribution in [0.1, 0.15) is 11.1 Å². The van der Waals surface area contributed by atoms with Crippen LogP contribution in [0, 0.1) is 0 Å². The molecule has 1 heterocycles. The molecule has 0 bridgehead atoms. The molecular weight excluding hydrogens is 226 g/mol. The number of phenols is 1. The van der Waals surface area contributed by atoms with E-state index in [2.05, 4.69) is 23.5 Å². The van der Waals surface area contributed by atoms with Gasteiger partial charge in [0, 0.05) is 12.2 Å². The molecule has 0 saturated heterocycles. The van der Waals surface area contributed by atoms with Crippen molar-refractivity contribution in [2.24, 2.45) is 0 Å². The van der Waals surface area contributed by atoms with Gasteiger partial charge in [-0.1, -0.05) is 24.3 Å². The lowest BCUT2D eigenvalue weighted by atomic mass is 10.1. The third-order valence-corrected chi connectivity index (χ3v) is 3.14. The van der Waals surface area contributed by atoms with Crippen molar-refractivity contribution >= 4 is 5.69 Å². The second-order valence-corrected chi connectivity index (χ2v) is 4.42. The van der Waals surface area contributed by atoms with Gasteiger partial charge in [-0.25, -0.2) is 0 Å². The highest BCUT2D eigenvalue weighted by atomic mass is 16.5. The predicted molar refractivity (Wildman–Crippen MR) is 71.1 cm³/mol. The molecule has 2 aromatic carbocycles. The number of benzene rings is 2. The highest BCUT2D eigenvalue weighted by molar-refractivity contribution is 5.56. The fraction of sp³-hybridized carbons (Fsp3) is 0.200. The highest BCUT2D eigenvalue weighted by Crippen LogP contribution is 2.27. The van der Waals surface area contributed by atoms with Crippen LogP contribution >= 0.6 is 0 Å². The second-order valence-electron chi connectivity index (χ2n) is 4.42. The molecule has 0 atom stereocenters. The van der Waals surface area contributed by atoms with Crippen molar-refractivity contribution in [2.75, 3.05) is 11.9 Å². The number of rotatable bonds is 3. The molecule has 0 aromatic heterocycles. The van der Waals surface area contributed by atoms with Crippen molar-refractivity contribution in [1.29, 1.82) is 0 Å². The molecule has 18 heavy (non-hydrogen) atoms. The number of ether oxygens (including phenoxy) is 1. The minimum absolute atomic E-state index is 0.181. The van der Waals surface area contributed by atoms with E-state index < -0.39 is 0 Å². The zero-order valence-electron chi connectivity index (χ0n) is 10.0. The van der Waals surface area contributed by atoms with Crippen molar-refractivity contribution in [3.8, 4) is 11.5 Å². The number of hydrogen-bond donors (Lipinski definition) is 2. The van der Waals surface area contributed by atoms with Gasteiger partial charge in [0.2, 0.25) is 0 Å². The van der Waals surface area contributed by atoms with Crippen molar-refractivity contribution in [2.45, 2.75) is 13.0 Å². The zero-order valence-corrected chi connectivity index (χ0v) is 10.0. The standard InChI is InChI=1S/C15H15NO2/c17-14-3-1-2-4-15(14)18-10-11-5-6-13-12(9-11)7-8-16-13/h1-6,9,16-17H,7-8,10H2. The number of aromatic hydroxyl groups is 1. The maximum absolute atomic E-state index is 9.61. The van der Waals surface area contributed by atoms with Gasteiger partial charge in [-0.05, 0) is 35.7 Å². The van der Waals surface area contributed by atoms with Crippen LogP contribution < -0.4 is 10.1 Å². The molecule has 3 nitrogen and oxygen atoms in total. The van der Waals surface area contributed by atoms with Crippen molar-refractivity contribution in [3.05, 3.63) is 53.6 Å². The third kappa shape index (κ3) is 2.12. The van der Waals surface area contributed by atoms with Crippen molar-refractivity contribution in [3.63, 3.8) is 0 Å². The summed E-state index contributed by atoms with van der Waals surface area (Å²) in [6.45, 7) is 1.49. The number of hydrogen-bond acceptors (Lipinski definition) is 3. The molecule has 1 aliphatic rings. The number of nitrogens with one attached hydrogen (secondary N) is 1. The normalized spacial score (nSPS) is 12.9. The summed E-state index contributed by atoms with van der Waals surface area (Å²) in [5.74, 6) is 0.705. The summed E-state index contributed by atoms with van der Waals surface area (Å²) in [5.41, 5.74) is 3.69. The first-order valence-corrected chi connectivity index (χ1v) is 6.09. The Bertz CT molecular complexity index is 566. The van der Waals surface area contributed by atoms with E-state index in [4.69, 9.17) is 4.74 Å². The average Bonchev–Trinajstić information content (AvgIpc) is 2.85. The van der Waals surface area contributed by atoms with Crippen LogP contribution in [0.3, 0.4) is 0 Å². The Hall–Kier alpha value is -2.16. The van der Waals surface area contributed by atoms with E-state index in [1.807, 2.05) is 6.07 Å². The van der Waals surface area contributed by atoms with Gasteiger partial charge < -0.3 is 15.2 Å². The van der Waals surface area contributed by atoms with Crippen LogP contribution in [0.2, 0.25) is 0 Å². The van der Waals surface area contributed by atoms with Crippen LogP contribution in [0.25, 0.3) is 0 Å². The van der Waals surface area contributed by atoms with E-state index in [-0.39, 0.29) is 5.75 Å². The molecule has 0 fully saturated rings. The largest absolute Gasteiger partial charge is 0.504 e. The Labute approximate surface area is 106 Å². The number of phenolic OH excluding ortho intramolecular Hbond substituents is 1. The second kappa shape index (κ2) is 4.61. The van der Waals surface area contributed by atoms with E-state index in [1.165, 1.54) is 11.3 Å². The third-order valence-electron chi connectivity index (χ3n) is 3.14. The molecule has 92 valence electrons. The molecule has 3 heteroatoms. The number of para-hydroxylation sites is 2. The summed E-state index contributed by atoms with van der Waals surface area (Å²) in [7, 11) is 0. The molecule has 0 unspecified atom stereocenters. The highest BCUT2D eigenvalue weighted by Gasteiger charge is 2.10. The molecule has 0 aliphatic carbocycles. The van der Waals surface area contributed by atoms with Gasteiger partial charge in [0.1, 0.15) is 6.61 Å². The lowest BCUT2D eigenvalue weighted by molar-refractivity contribution is 0.289. The minimum atomic E-state index is 0.181. The molecule has 0 spiro atoms. The van der Waals surface area contributed by atoms with Crippen LogP contribution in [0.5, 0.6) is 11.5 Å². The summed E-state index contributed by atoms with van der Waals surface area (Å²) in [6.07, 6.45) is 1.07. The van der Waals surface area contributed by atoms with Gasteiger partial charge in [0.15, 0.2) is 11.5 Å². The fourth-order valence-electron chi connectivity index (χ4n) is 2.19. The van der Waals surface area contributed by atoms with E-state index in [9.17, 15) is 5.11 Å². The molecule has 3 rings (SSSR count). The van der Waals surface area contributed by atoms with Crippen molar-refractivity contribution < 1.29 is 9.84 Å². The van der Waals surface area contributed by atoms with Gasteiger partial charge in [-0.3, -0.25) is 0 Å². The summed E-state index contributed by atoms with van der Waals surface area (Å²) in [4.78, 5) is 0. The summed E-state index contributed by atoms with van der Waals surface area (Å²) < 4.78 is 5.61. The SMILES string of the molecule is Oc1ccccc1OCc1ccc2c(c1)CCN2. The minimum Gasteiger partial charge on any atom is -0.504 e. The van der Waals surface area contributed by atoms with Gasteiger partial charge in [-0.15, -0.1) is 0 Å². The van der Waals surface area contributed by atoms with Gasteiger partial charge >= 0.3 is 0 Å². The summed E-state index contributed by atoms with van der Waals surface area (Å²) in [6, 6.07) is 13.3. The Balaban J connectivity index is 1.72. The summed E-state index contributed by atoms with van der Waals surface area (Å²) in [5, 5.41) is 12.9. The zero-order chi connectivity index (χ0) is 12.4. The van der Waals surface area contributed by atoms with Crippen molar-refractivity contribution in [1.82, 2.24) is 0 Å². The molecular formula is C15H15NO2. The van der Waals surface area contributed by atoms with Crippen LogP contribution in [-0.4, -0.2) is 11.7 Å². The Kier molecular flexibility index (Phi) is 2.81. The number of anilines is 1. The lowest BCUT2D eigenvalue weighted by Gasteiger charge is -2.09. The quantitative estimate of drug-likeness (QED) is 0.868. The van der Waals surface area contributed by atoms with E-state index in [0.717, 1.165) is 18.5 Å². The van der Waals surface area contributed by atoms with Crippen LogP contribution in [0.4, 0.5) is 5.69 Å². The summed E-state index contributed by atoms with van der Waals surface area (Å²) >= 11 is 0. The average molecular weight is 241 g/mol. The van der Waals surface area contributed by atoms with E-state index in [1.54, 1.807) is 18.2 Å². The van der Waals surface area contributed by atoms with E-state index in [0.29, 0.717) is 12.4 Å². The molecule has 1 aliphatic heterocycles. The maximum Gasteiger partial charge on any atom is 0.161 e. The molecule has 0 amide bonds. The predicted octanol–water partition coefficient (Wildman–Crippen LogP) is 2.94. The monoisotopic (exact) mass is 241 g/mol. The lowest BCUT2D eigenvalue weighted by Crippen LogP contribution is -1.96. The Morgan fingerprint density at radius 3 is 2.94 bits per heavy atom. The number of fused-ring (bicyclic) bond motifs is 1. The van der Waals surface area contributed by atoms with Gasteiger partial charge in [0.05, 0.1) is 0 Å². The molecule has 2 N–H and O–H groups in total. The van der Waals surface area contributed by atoms with Gasteiger partial charge in [0.25, 0.3) is 0 Å². The maximum atomic E-state index is 9.61. The smallest absolute Gasteiger partial charge is 0.161 e. The Morgan fingerprint density at radius 2 is 2.06 bits per heavy atom. The van der Waals surface area contributed by atoms with Crippen LogP contribution in [-0.2, 0) is 13.0 Å². The first-order chi connectivity index (χ1) is 8.83. The molecule has 0 radical (unpaired) electrons. The molecule has 0 saturated carbocycles. The molecule has 2 aromatic rings. The first-order valence-electron chi connectivity index (χ1n) is 6.09. The first kappa shape index (κ1) is 11.0. The van der Waals surface area contributed by atoms with Crippen LogP contribution in [0.15, 0.2) is 42.5 Å².